The Hall–Kier alpha value is -1.25. The molecule has 0 bridgehead atoms. The van der Waals surface area contributed by atoms with E-state index in [1.807, 2.05) is 27.7 Å². The van der Waals surface area contributed by atoms with E-state index in [4.69, 9.17) is 5.73 Å². The van der Waals surface area contributed by atoms with Gasteiger partial charge >= 0.3 is 0 Å². The van der Waals surface area contributed by atoms with Gasteiger partial charge < -0.3 is 16.2 Å². The highest BCUT2D eigenvalue weighted by Gasteiger charge is 2.23. The van der Waals surface area contributed by atoms with Gasteiger partial charge in [-0.1, -0.05) is 27.7 Å². The van der Waals surface area contributed by atoms with E-state index in [2.05, 4.69) is 37.2 Å². The minimum Gasteiger partial charge on any atom is -0.506 e. The van der Waals surface area contributed by atoms with Crippen LogP contribution in [0.5, 0.6) is 5.75 Å². The van der Waals surface area contributed by atoms with Gasteiger partial charge in [-0.3, -0.25) is 14.4 Å². The van der Waals surface area contributed by atoms with Gasteiger partial charge in [-0.2, -0.15) is 0 Å². The van der Waals surface area contributed by atoms with Crippen molar-refractivity contribution in [3.05, 3.63) is 26.6 Å². The van der Waals surface area contributed by atoms with Crippen LogP contribution in [0.2, 0.25) is 0 Å². The van der Waals surface area contributed by atoms with Crippen LogP contribution in [0, 0.1) is 0 Å². The predicted octanol–water partition coefficient (Wildman–Crippen LogP) is 3.89. The molecular weight excluding hydrogens is 480 g/mol. The van der Waals surface area contributed by atoms with E-state index in [0.717, 1.165) is 5.56 Å². The molecule has 4 N–H and O–H groups in total. The molecule has 1 aromatic rings. The highest BCUT2D eigenvalue weighted by atomic mass is 79.9. The van der Waals surface area contributed by atoms with Crippen molar-refractivity contribution in [3.63, 3.8) is 0 Å². The predicted molar refractivity (Wildman–Crippen MR) is 116 cm³/mol. The number of nitrogens with two attached hydrogens (primary N) is 1. The summed E-state index contributed by atoms with van der Waals surface area (Å²) in [7, 11) is 0. The maximum atomic E-state index is 12.1. The number of aromatic hydroxyl groups is 1. The van der Waals surface area contributed by atoms with Gasteiger partial charge in [0.05, 0.1) is 21.0 Å². The van der Waals surface area contributed by atoms with Crippen LogP contribution in [0.1, 0.15) is 53.5 Å². The Morgan fingerprint density at radius 2 is 1.52 bits per heavy atom. The second kappa shape index (κ2) is 14.8. The number of ketones is 2. The number of amides is 1. The van der Waals surface area contributed by atoms with Crippen LogP contribution in [-0.2, 0) is 20.8 Å². The van der Waals surface area contributed by atoms with E-state index in [1.54, 1.807) is 12.1 Å². The summed E-state index contributed by atoms with van der Waals surface area (Å²) in [6.07, 6.45) is 0.165. The zero-order chi connectivity index (χ0) is 21.7. The number of rotatable bonds is 7. The third-order valence-electron chi connectivity index (χ3n) is 3.17. The SMILES string of the molecule is CC.CC.CC(=O)CC(NC(=O)C(N)Cc1cc(Br)c(O)c(Br)c1)C(C)=O. The van der Waals surface area contributed by atoms with Crippen molar-refractivity contribution >= 4 is 49.3 Å². The molecule has 6 nitrogen and oxygen atoms in total. The van der Waals surface area contributed by atoms with E-state index in [0.29, 0.717) is 8.95 Å². The number of benzene rings is 1. The van der Waals surface area contributed by atoms with Crippen LogP contribution in [0.25, 0.3) is 0 Å². The Labute approximate surface area is 178 Å². The van der Waals surface area contributed by atoms with Crippen molar-refractivity contribution in [1.82, 2.24) is 5.32 Å². The van der Waals surface area contributed by atoms with Gasteiger partial charge in [-0.25, -0.2) is 0 Å². The number of carbonyl (C=O) groups excluding carboxylic acids is 3. The average molecular weight is 510 g/mol. The van der Waals surface area contributed by atoms with Crippen molar-refractivity contribution in [2.45, 2.75) is 66.5 Å². The largest absolute Gasteiger partial charge is 0.506 e. The summed E-state index contributed by atoms with van der Waals surface area (Å²) in [5.74, 6) is -0.932. The molecule has 0 heterocycles. The molecule has 8 heteroatoms. The molecule has 1 amide bonds. The second-order valence-corrected chi connectivity index (χ2v) is 7.01. The van der Waals surface area contributed by atoms with E-state index in [-0.39, 0.29) is 30.2 Å². The zero-order valence-corrected chi connectivity index (χ0v) is 19.9. The smallest absolute Gasteiger partial charge is 0.237 e. The summed E-state index contributed by atoms with van der Waals surface area (Å²) >= 11 is 6.41. The van der Waals surface area contributed by atoms with E-state index in [9.17, 15) is 19.5 Å². The molecule has 0 radical (unpaired) electrons. The number of nitrogens with one attached hydrogen (secondary N) is 1. The van der Waals surface area contributed by atoms with Crippen molar-refractivity contribution in [3.8, 4) is 5.75 Å². The van der Waals surface area contributed by atoms with E-state index in [1.165, 1.54) is 13.8 Å². The third-order valence-corrected chi connectivity index (χ3v) is 4.38. The number of phenolic OH excluding ortho intramolecular Hbond substituents is 1. The van der Waals surface area contributed by atoms with E-state index >= 15 is 0 Å². The first-order valence-electron chi connectivity index (χ1n) is 8.84. The maximum absolute atomic E-state index is 12.1. The average Bonchev–Trinajstić information content (AvgIpc) is 2.61. The molecule has 0 aliphatic carbocycles. The fourth-order valence-electron chi connectivity index (χ4n) is 1.95. The molecule has 1 aromatic carbocycles. The summed E-state index contributed by atoms with van der Waals surface area (Å²) in [5.41, 5.74) is 6.60. The number of phenols is 1. The number of hydrogen-bond donors (Lipinski definition) is 3. The van der Waals surface area contributed by atoms with Gasteiger partial charge in [0, 0.05) is 6.42 Å². The second-order valence-electron chi connectivity index (χ2n) is 5.30. The summed E-state index contributed by atoms with van der Waals surface area (Å²) < 4.78 is 0.959. The first-order valence-corrected chi connectivity index (χ1v) is 10.4. The highest BCUT2D eigenvalue weighted by molar-refractivity contribution is 9.11. The van der Waals surface area contributed by atoms with Crippen molar-refractivity contribution in [1.29, 1.82) is 0 Å². The minimum absolute atomic E-state index is 0.0515. The number of halogens is 2. The summed E-state index contributed by atoms with van der Waals surface area (Å²) in [6.45, 7) is 10.7. The third kappa shape index (κ3) is 10.6. The van der Waals surface area contributed by atoms with Crippen LogP contribution in [0.15, 0.2) is 21.1 Å². The maximum Gasteiger partial charge on any atom is 0.237 e. The van der Waals surface area contributed by atoms with Crippen LogP contribution >= 0.6 is 31.9 Å². The fourth-order valence-corrected chi connectivity index (χ4v) is 3.23. The molecule has 27 heavy (non-hydrogen) atoms. The van der Waals surface area contributed by atoms with Gasteiger partial charge in [-0.15, -0.1) is 0 Å². The molecular formula is C19H30Br2N2O4. The minimum atomic E-state index is -0.882. The fraction of sp³-hybridized carbons (Fsp3) is 0.526. The Morgan fingerprint density at radius 1 is 1.07 bits per heavy atom. The van der Waals surface area contributed by atoms with Gasteiger partial charge in [0.25, 0.3) is 0 Å². The Morgan fingerprint density at radius 3 is 1.89 bits per heavy atom. The summed E-state index contributed by atoms with van der Waals surface area (Å²) in [5, 5.41) is 12.2. The van der Waals surface area contributed by atoms with Crippen molar-refractivity contribution in [2.75, 3.05) is 0 Å². The first-order chi connectivity index (χ1) is 12.6. The van der Waals surface area contributed by atoms with Gasteiger partial charge in [0.2, 0.25) is 5.91 Å². The molecule has 0 aromatic heterocycles. The van der Waals surface area contributed by atoms with Crippen LogP contribution < -0.4 is 11.1 Å². The number of hydrogen-bond acceptors (Lipinski definition) is 5. The van der Waals surface area contributed by atoms with Crippen LogP contribution in [-0.4, -0.2) is 34.7 Å². The molecule has 2 unspecified atom stereocenters. The lowest BCUT2D eigenvalue weighted by Gasteiger charge is -2.18. The van der Waals surface area contributed by atoms with E-state index < -0.39 is 18.0 Å². The first kappa shape index (κ1) is 28.0. The molecule has 0 saturated carbocycles. The number of Topliss-reactive ketones (excluding diaryl/α,β-unsaturated/α-hetero) is 2. The van der Waals surface area contributed by atoms with Crippen LogP contribution in [0.3, 0.4) is 0 Å². The van der Waals surface area contributed by atoms with Crippen molar-refractivity contribution < 1.29 is 19.5 Å². The quantitative estimate of drug-likeness (QED) is 0.516. The lowest BCUT2D eigenvalue weighted by molar-refractivity contribution is -0.129. The van der Waals surface area contributed by atoms with Gasteiger partial charge in [0.15, 0.2) is 5.78 Å². The molecule has 2 atom stereocenters. The molecule has 0 fully saturated rings. The van der Waals surface area contributed by atoms with Gasteiger partial charge in [-0.05, 0) is 69.8 Å². The molecule has 1 rings (SSSR count). The Bertz CT molecular complexity index is 613. The molecule has 0 saturated heterocycles. The van der Waals surface area contributed by atoms with Gasteiger partial charge in [0.1, 0.15) is 11.5 Å². The van der Waals surface area contributed by atoms with Crippen LogP contribution in [0.4, 0.5) is 0 Å². The number of carbonyl (C=O) groups is 3. The Kier molecular flexibility index (Phi) is 15.3. The monoisotopic (exact) mass is 508 g/mol. The molecule has 0 aliphatic rings. The molecule has 154 valence electrons. The Balaban J connectivity index is 0. The lowest BCUT2D eigenvalue weighted by Crippen LogP contribution is -2.49. The topological polar surface area (TPSA) is 109 Å². The molecule has 0 spiro atoms. The standard InChI is InChI=1S/C15H18Br2N2O4.2C2H6/c1-7(20)3-13(8(2)21)19-15(23)12(18)6-9-4-10(16)14(22)11(17)5-9;2*1-2/h4-5,12-13,22H,3,6,18H2,1-2H3,(H,19,23);2*1-2H3. The summed E-state index contributed by atoms with van der Waals surface area (Å²) in [6, 6.07) is 1.58. The normalized spacial score (nSPS) is 11.7. The lowest BCUT2D eigenvalue weighted by atomic mass is 10.0. The molecule has 0 aliphatic heterocycles. The van der Waals surface area contributed by atoms with Crippen molar-refractivity contribution in [2.24, 2.45) is 5.73 Å². The zero-order valence-electron chi connectivity index (χ0n) is 16.7. The summed E-state index contributed by atoms with van der Waals surface area (Å²) in [4.78, 5) is 34.7. The highest BCUT2D eigenvalue weighted by Crippen LogP contribution is 2.33.